The van der Waals surface area contributed by atoms with Gasteiger partial charge in [-0.15, -0.1) is 0 Å². The van der Waals surface area contributed by atoms with Gasteiger partial charge in [0.05, 0.1) is 19.8 Å². The van der Waals surface area contributed by atoms with Crippen molar-refractivity contribution in [3.8, 4) is 0 Å². The van der Waals surface area contributed by atoms with E-state index < -0.39 is 13.8 Å². The van der Waals surface area contributed by atoms with E-state index in [0.717, 1.165) is 48.9 Å². The summed E-state index contributed by atoms with van der Waals surface area (Å²) in [5, 5.41) is 10.5. The van der Waals surface area contributed by atoms with Crippen molar-refractivity contribution in [2.45, 2.75) is 137 Å². The normalized spacial score (nSPS) is 31.1. The molecule has 0 bridgehead atoms. The van der Waals surface area contributed by atoms with Crippen LogP contribution in [0, 0.1) is 45.8 Å². The molecule has 0 saturated heterocycles. The summed E-state index contributed by atoms with van der Waals surface area (Å²) in [6, 6.07) is -0.708. The molecule has 11 nitrogen and oxygen atoms in total. The largest absolute Gasteiger partial charge is 0.461 e. The molecule has 4 aliphatic rings. The fourth-order valence-corrected chi connectivity index (χ4v) is 13.5. The van der Waals surface area contributed by atoms with E-state index in [-0.39, 0.29) is 43.2 Å². The maximum atomic E-state index is 13.2. The van der Waals surface area contributed by atoms with Crippen LogP contribution < -0.4 is 22.3 Å². The number of guanidine groups is 1. The Labute approximate surface area is 328 Å². The average molecular weight is 799 g/mol. The number of nitrogens with two attached hydrogens (primary N) is 3. The summed E-state index contributed by atoms with van der Waals surface area (Å²) in [5.41, 5.74) is 19.8. The minimum Gasteiger partial charge on any atom is -0.461 e. The second-order valence-electron chi connectivity index (χ2n) is 17.0. The molecular formula is C39H71N6O5PS2. The molecular weight excluding hydrogens is 728 g/mol. The highest BCUT2D eigenvalue weighted by molar-refractivity contribution is 8.76. The molecule has 9 unspecified atom stereocenters. The lowest BCUT2D eigenvalue weighted by Crippen LogP contribution is -2.50. The molecule has 4 aliphatic carbocycles. The topological polar surface area (TPSA) is 188 Å². The zero-order chi connectivity index (χ0) is 38.6. The van der Waals surface area contributed by atoms with E-state index in [4.69, 9.17) is 36.4 Å². The molecule has 304 valence electrons. The van der Waals surface area contributed by atoms with E-state index >= 15 is 0 Å². The summed E-state index contributed by atoms with van der Waals surface area (Å²) in [6.07, 6.45) is 18.7. The van der Waals surface area contributed by atoms with Gasteiger partial charge in [0, 0.05) is 30.2 Å². The van der Waals surface area contributed by atoms with E-state index in [9.17, 15) is 9.36 Å². The zero-order valence-corrected chi connectivity index (χ0v) is 35.8. The molecule has 9 atom stereocenters. The number of ether oxygens (including phenoxy) is 1. The Morgan fingerprint density at radius 1 is 1.08 bits per heavy atom. The Kier molecular flexibility index (Phi) is 17.6. The van der Waals surface area contributed by atoms with Crippen LogP contribution in [-0.4, -0.2) is 67.6 Å². The van der Waals surface area contributed by atoms with Crippen molar-refractivity contribution < 1.29 is 23.1 Å². The monoisotopic (exact) mass is 798 g/mol. The summed E-state index contributed by atoms with van der Waals surface area (Å²) in [6.45, 7) is 12.3. The zero-order valence-electron chi connectivity index (χ0n) is 33.2. The number of nitrogens with zero attached hydrogens (tertiary/aromatic N) is 1. The molecule has 3 saturated carbocycles. The van der Waals surface area contributed by atoms with Gasteiger partial charge in [-0.3, -0.25) is 18.8 Å². The lowest BCUT2D eigenvalue weighted by atomic mass is 9.47. The summed E-state index contributed by atoms with van der Waals surface area (Å²) >= 11 is 0. The van der Waals surface area contributed by atoms with Crippen LogP contribution in [-0.2, 0) is 23.1 Å². The number of carbonyl (C=O) groups excluding carboxylic acids is 1. The summed E-state index contributed by atoms with van der Waals surface area (Å²) in [7, 11) is -0.560. The standard InChI is InChI=1S/C39H71N6O5PS2/c1-27(2)9-6-7-11-29-13-15-33-32-14-12-30-25-31(16-18-39(30,5)34(32)17-19-38(29,33)4)50-36(46)35(41)26-53-52-24-21-45-51(47,48-22-8-10-28(3)40)49-23-20-44-37(42)43/h12,27,29,31-35,40H,6-11,13-26,41H2,1-5H3,(H,45,47)(H4,42,43,44). The van der Waals surface area contributed by atoms with E-state index in [0.29, 0.717) is 42.0 Å². The van der Waals surface area contributed by atoms with Gasteiger partial charge < -0.3 is 27.3 Å². The van der Waals surface area contributed by atoms with E-state index in [1.165, 1.54) is 84.9 Å². The second kappa shape index (κ2) is 20.9. The molecule has 0 aromatic heterocycles. The quantitative estimate of drug-likeness (QED) is 0.0127. The summed E-state index contributed by atoms with van der Waals surface area (Å²) in [4.78, 5) is 16.9. The van der Waals surface area contributed by atoms with Crippen molar-refractivity contribution in [1.29, 1.82) is 5.41 Å². The molecule has 53 heavy (non-hydrogen) atoms. The van der Waals surface area contributed by atoms with Gasteiger partial charge in [-0.2, -0.15) is 0 Å². The highest BCUT2D eigenvalue weighted by atomic mass is 33.1. The van der Waals surface area contributed by atoms with Gasteiger partial charge in [0.2, 0.25) is 0 Å². The Morgan fingerprint density at radius 2 is 1.85 bits per heavy atom. The van der Waals surface area contributed by atoms with Crippen LogP contribution in [0.1, 0.15) is 125 Å². The van der Waals surface area contributed by atoms with Crippen molar-refractivity contribution in [2.75, 3.05) is 37.8 Å². The predicted octanol–water partition coefficient (Wildman–Crippen LogP) is 8.23. The van der Waals surface area contributed by atoms with E-state index in [1.807, 2.05) is 0 Å². The van der Waals surface area contributed by atoms with Crippen molar-refractivity contribution >= 4 is 47.0 Å². The van der Waals surface area contributed by atoms with Crippen molar-refractivity contribution in [3.63, 3.8) is 0 Å². The van der Waals surface area contributed by atoms with Crippen LogP contribution in [0.4, 0.5) is 0 Å². The number of allylic oxidation sites excluding steroid dienone is 1. The number of esters is 1. The van der Waals surface area contributed by atoms with Gasteiger partial charge in [0.1, 0.15) is 12.1 Å². The third-order valence-electron chi connectivity index (χ3n) is 12.9. The Hall–Kier alpha value is -1.08. The van der Waals surface area contributed by atoms with E-state index in [2.05, 4.69) is 43.9 Å². The Balaban J connectivity index is 1.18. The van der Waals surface area contributed by atoms with Gasteiger partial charge >= 0.3 is 13.7 Å². The number of unbranched alkanes of at least 4 members (excludes halogenated alkanes) is 1. The first kappa shape index (κ1) is 44.6. The first-order valence-electron chi connectivity index (χ1n) is 20.3. The smallest absolute Gasteiger partial charge is 0.405 e. The van der Waals surface area contributed by atoms with Crippen LogP contribution >= 0.6 is 29.3 Å². The Bertz CT molecular complexity index is 1320. The first-order valence-corrected chi connectivity index (χ1v) is 24.3. The SMILES string of the molecule is CC(=N)CCCOP(=O)(NCCSSCC(N)C(=O)OC1CCC2(C)C(=CCC3C2CCC2(C)C(CCCCC(C)C)CCC32)C1)OCCN=C(N)N. The lowest BCUT2D eigenvalue weighted by molar-refractivity contribution is -0.152. The van der Waals surface area contributed by atoms with Crippen LogP contribution in [0.5, 0.6) is 0 Å². The number of aliphatic imine (C=N–C) groups is 1. The van der Waals surface area contributed by atoms with Crippen LogP contribution in [0.3, 0.4) is 0 Å². The molecule has 14 heteroatoms. The lowest BCUT2D eigenvalue weighted by Gasteiger charge is -2.58. The number of nitrogens with one attached hydrogen (secondary N) is 2. The number of fused-ring (bicyclic) bond motifs is 5. The van der Waals surface area contributed by atoms with Gasteiger partial charge in [-0.25, -0.2) is 9.65 Å². The number of hydrogen-bond acceptors (Lipinski definition) is 10. The molecule has 0 spiro atoms. The first-order chi connectivity index (χ1) is 25.2. The third-order valence-corrected chi connectivity index (χ3v) is 16.9. The van der Waals surface area contributed by atoms with Gasteiger partial charge in [0.15, 0.2) is 5.96 Å². The average Bonchev–Trinajstić information content (AvgIpc) is 3.44. The maximum absolute atomic E-state index is 13.2. The second-order valence-corrected chi connectivity index (χ2v) is 21.5. The highest BCUT2D eigenvalue weighted by Crippen LogP contribution is 2.67. The molecule has 0 radical (unpaired) electrons. The molecule has 0 aromatic carbocycles. The maximum Gasteiger partial charge on any atom is 0.405 e. The number of rotatable bonds is 23. The van der Waals surface area contributed by atoms with Gasteiger partial charge in [-0.05, 0) is 112 Å². The van der Waals surface area contributed by atoms with Crippen LogP contribution in [0.25, 0.3) is 0 Å². The summed E-state index contributed by atoms with van der Waals surface area (Å²) < 4.78 is 30.3. The molecule has 0 heterocycles. The van der Waals surface area contributed by atoms with E-state index in [1.54, 1.807) is 6.92 Å². The fourth-order valence-electron chi connectivity index (χ4n) is 9.97. The molecule has 0 amide bonds. The molecule has 8 N–H and O–H groups in total. The third kappa shape index (κ3) is 12.7. The highest BCUT2D eigenvalue weighted by Gasteiger charge is 2.58. The molecule has 0 aliphatic heterocycles. The number of carbonyl (C=O) groups is 1. The predicted molar refractivity (Wildman–Crippen MR) is 222 cm³/mol. The van der Waals surface area contributed by atoms with Crippen molar-refractivity contribution in [3.05, 3.63) is 11.6 Å². The molecule has 4 rings (SSSR count). The fraction of sp³-hybridized carbons (Fsp3) is 0.872. The molecule has 0 aromatic rings. The minimum atomic E-state index is -3.58. The Morgan fingerprint density at radius 3 is 2.58 bits per heavy atom. The van der Waals surface area contributed by atoms with Crippen molar-refractivity contribution in [2.24, 2.45) is 62.6 Å². The van der Waals surface area contributed by atoms with Crippen LogP contribution in [0.2, 0.25) is 0 Å². The number of hydrogen-bond donors (Lipinski definition) is 5. The van der Waals surface area contributed by atoms with Crippen molar-refractivity contribution in [1.82, 2.24) is 5.09 Å². The molecule has 3 fully saturated rings. The van der Waals surface area contributed by atoms with Gasteiger partial charge in [-0.1, -0.05) is 80.2 Å². The van der Waals surface area contributed by atoms with Gasteiger partial charge in [0.25, 0.3) is 0 Å². The summed E-state index contributed by atoms with van der Waals surface area (Å²) in [5.74, 6) is 4.72. The van der Waals surface area contributed by atoms with Crippen LogP contribution in [0.15, 0.2) is 16.6 Å². The minimum absolute atomic E-state index is 0.0302.